The highest BCUT2D eigenvalue weighted by Crippen LogP contribution is 2.32. The van der Waals surface area contributed by atoms with Crippen molar-refractivity contribution >= 4 is 11.9 Å². The van der Waals surface area contributed by atoms with E-state index in [1.165, 1.54) is 0 Å². The molecular weight excluding hydrogens is 170 g/mol. The quantitative estimate of drug-likeness (QED) is 0.425. The van der Waals surface area contributed by atoms with E-state index in [1.54, 1.807) is 0 Å². The summed E-state index contributed by atoms with van der Waals surface area (Å²) in [6, 6.07) is 0.395. The zero-order chi connectivity index (χ0) is 9.59. The Hall–Kier alpha value is -0.900. The Morgan fingerprint density at radius 3 is 2.08 bits per heavy atom. The normalized spacial score (nSPS) is 34.1. The van der Waals surface area contributed by atoms with Crippen molar-refractivity contribution in [3.05, 3.63) is 0 Å². The van der Waals surface area contributed by atoms with Gasteiger partial charge in [-0.3, -0.25) is 14.5 Å². The molecule has 0 spiro atoms. The zero-order valence-corrected chi connectivity index (χ0v) is 7.82. The number of carbonyl (C=O) groups is 2. The number of nitrogens with zero attached hydrogens (tertiary/aromatic N) is 1. The van der Waals surface area contributed by atoms with Crippen LogP contribution in [0.25, 0.3) is 0 Å². The van der Waals surface area contributed by atoms with Gasteiger partial charge in [-0.25, -0.2) is 0 Å². The number of esters is 2. The predicted molar refractivity (Wildman–Crippen MR) is 44.8 cm³/mol. The van der Waals surface area contributed by atoms with Crippen molar-refractivity contribution in [2.24, 2.45) is 11.8 Å². The number of fused-ring (bicyclic) bond motifs is 1. The first kappa shape index (κ1) is 8.69. The molecule has 13 heavy (non-hydrogen) atoms. The highest BCUT2D eigenvalue weighted by Gasteiger charge is 2.50. The molecule has 2 rings (SSSR count). The fraction of sp³-hybridized carbons (Fsp3) is 0.778. The van der Waals surface area contributed by atoms with Gasteiger partial charge in [-0.15, -0.1) is 0 Å². The van der Waals surface area contributed by atoms with E-state index in [0.29, 0.717) is 19.1 Å². The van der Waals surface area contributed by atoms with Gasteiger partial charge < -0.3 is 4.74 Å². The van der Waals surface area contributed by atoms with E-state index in [4.69, 9.17) is 0 Å². The molecule has 0 saturated carbocycles. The van der Waals surface area contributed by atoms with Crippen molar-refractivity contribution in [1.29, 1.82) is 0 Å². The van der Waals surface area contributed by atoms with E-state index in [1.807, 2.05) is 0 Å². The summed E-state index contributed by atoms with van der Waals surface area (Å²) in [5.74, 6) is -1.07. The molecule has 2 saturated heterocycles. The Bertz CT molecular complexity index is 240. The second-order valence-corrected chi connectivity index (χ2v) is 4.00. The molecule has 4 heteroatoms. The lowest BCUT2D eigenvalue weighted by Gasteiger charge is -2.20. The number of rotatable bonds is 1. The first-order chi connectivity index (χ1) is 6.09. The molecule has 2 heterocycles. The predicted octanol–water partition coefficient (Wildman–Crippen LogP) is 0.0262. The summed E-state index contributed by atoms with van der Waals surface area (Å²) in [7, 11) is 0. The van der Waals surface area contributed by atoms with Gasteiger partial charge in [-0.2, -0.15) is 0 Å². The average molecular weight is 183 g/mol. The van der Waals surface area contributed by atoms with Crippen LogP contribution in [0.2, 0.25) is 0 Å². The van der Waals surface area contributed by atoms with Crippen LogP contribution >= 0.6 is 0 Å². The highest BCUT2D eigenvalue weighted by atomic mass is 16.6. The van der Waals surface area contributed by atoms with Crippen molar-refractivity contribution in [3.63, 3.8) is 0 Å². The monoisotopic (exact) mass is 183 g/mol. The number of hydrogen-bond acceptors (Lipinski definition) is 4. The summed E-state index contributed by atoms with van der Waals surface area (Å²) in [6.45, 7) is 5.48. The van der Waals surface area contributed by atoms with E-state index in [0.717, 1.165) is 0 Å². The van der Waals surface area contributed by atoms with E-state index in [9.17, 15) is 9.59 Å². The lowest BCUT2D eigenvalue weighted by molar-refractivity contribution is -0.154. The number of likely N-dealkylation sites (tertiary alicyclic amines) is 1. The van der Waals surface area contributed by atoms with Crippen LogP contribution in [0.1, 0.15) is 13.8 Å². The second-order valence-electron chi connectivity index (χ2n) is 4.00. The van der Waals surface area contributed by atoms with Gasteiger partial charge in [0.25, 0.3) is 0 Å². The summed E-state index contributed by atoms with van der Waals surface area (Å²) in [6.07, 6.45) is 0. The smallest absolute Gasteiger partial charge is 0.318 e. The Morgan fingerprint density at radius 1 is 1.23 bits per heavy atom. The van der Waals surface area contributed by atoms with Gasteiger partial charge in [-0.1, -0.05) is 0 Å². The molecule has 0 radical (unpaired) electrons. The number of cyclic esters (lactones) is 2. The van der Waals surface area contributed by atoms with Crippen LogP contribution in [0.5, 0.6) is 0 Å². The minimum atomic E-state index is -0.335. The number of ether oxygens (including phenoxy) is 1. The number of carbonyl (C=O) groups excluding carboxylic acids is 2. The molecule has 0 N–H and O–H groups in total. The minimum Gasteiger partial charge on any atom is -0.393 e. The van der Waals surface area contributed by atoms with Crippen LogP contribution < -0.4 is 0 Å². The fourth-order valence-corrected chi connectivity index (χ4v) is 1.98. The van der Waals surface area contributed by atoms with Crippen LogP contribution in [0.15, 0.2) is 0 Å². The fourth-order valence-electron chi connectivity index (χ4n) is 1.98. The van der Waals surface area contributed by atoms with E-state index >= 15 is 0 Å². The van der Waals surface area contributed by atoms with Crippen LogP contribution in [0.4, 0.5) is 0 Å². The maximum absolute atomic E-state index is 11.2. The summed E-state index contributed by atoms with van der Waals surface area (Å²) in [5.41, 5.74) is 0. The molecule has 4 nitrogen and oxygen atoms in total. The largest absolute Gasteiger partial charge is 0.393 e. The summed E-state index contributed by atoms with van der Waals surface area (Å²) < 4.78 is 4.55. The topological polar surface area (TPSA) is 46.6 Å². The summed E-state index contributed by atoms with van der Waals surface area (Å²) in [5, 5.41) is 0. The van der Waals surface area contributed by atoms with Gasteiger partial charge in [0.2, 0.25) is 0 Å². The molecule has 0 aromatic carbocycles. The molecule has 0 aromatic rings. The molecule has 0 aromatic heterocycles. The first-order valence-corrected chi connectivity index (χ1v) is 4.59. The van der Waals surface area contributed by atoms with Crippen LogP contribution in [-0.4, -0.2) is 36.0 Å². The first-order valence-electron chi connectivity index (χ1n) is 4.59. The van der Waals surface area contributed by atoms with Gasteiger partial charge in [0, 0.05) is 19.1 Å². The van der Waals surface area contributed by atoms with Crippen LogP contribution in [-0.2, 0) is 14.3 Å². The van der Waals surface area contributed by atoms with Gasteiger partial charge in [0.05, 0.1) is 11.8 Å². The zero-order valence-electron chi connectivity index (χ0n) is 7.82. The maximum atomic E-state index is 11.2. The highest BCUT2D eigenvalue weighted by molar-refractivity contribution is 5.97. The third-order valence-electron chi connectivity index (χ3n) is 2.89. The summed E-state index contributed by atoms with van der Waals surface area (Å²) >= 11 is 0. The molecule has 72 valence electrons. The molecule has 2 aliphatic rings. The molecule has 2 unspecified atom stereocenters. The van der Waals surface area contributed by atoms with E-state index in [2.05, 4.69) is 23.5 Å². The molecular formula is C9H13NO3. The Morgan fingerprint density at radius 2 is 1.69 bits per heavy atom. The third kappa shape index (κ3) is 1.25. The second kappa shape index (κ2) is 2.80. The number of hydrogen-bond donors (Lipinski definition) is 0. The lowest BCUT2D eigenvalue weighted by atomic mass is 10.00. The Kier molecular flexibility index (Phi) is 1.87. The third-order valence-corrected chi connectivity index (χ3v) is 2.89. The van der Waals surface area contributed by atoms with Crippen molar-refractivity contribution in [2.45, 2.75) is 19.9 Å². The molecule has 0 bridgehead atoms. The van der Waals surface area contributed by atoms with Crippen LogP contribution in [0, 0.1) is 11.8 Å². The van der Waals surface area contributed by atoms with Crippen LogP contribution in [0.3, 0.4) is 0 Å². The molecule has 0 aliphatic carbocycles. The molecule has 2 aliphatic heterocycles. The molecule has 2 atom stereocenters. The maximum Gasteiger partial charge on any atom is 0.318 e. The van der Waals surface area contributed by atoms with Gasteiger partial charge in [0.15, 0.2) is 0 Å². The van der Waals surface area contributed by atoms with Crippen molar-refractivity contribution < 1.29 is 14.3 Å². The van der Waals surface area contributed by atoms with Crippen molar-refractivity contribution in [3.8, 4) is 0 Å². The molecule has 2 fully saturated rings. The van der Waals surface area contributed by atoms with E-state index in [-0.39, 0.29) is 23.8 Å². The lowest BCUT2D eigenvalue weighted by Crippen LogP contribution is -2.31. The Balaban J connectivity index is 2.13. The van der Waals surface area contributed by atoms with Crippen molar-refractivity contribution in [1.82, 2.24) is 4.90 Å². The molecule has 0 amide bonds. The summed E-state index contributed by atoms with van der Waals surface area (Å²) in [4.78, 5) is 24.5. The standard InChI is InChI=1S/C9H13NO3/c1-5(2)10-3-6-7(4-10)9(12)13-8(6)11/h5-7H,3-4H2,1-2H3. The SMILES string of the molecule is CC(C)N1CC2C(=O)OC(=O)C2C1. The van der Waals surface area contributed by atoms with Crippen molar-refractivity contribution in [2.75, 3.05) is 13.1 Å². The Labute approximate surface area is 76.8 Å². The minimum absolute atomic E-state index is 0.199. The van der Waals surface area contributed by atoms with Gasteiger partial charge in [-0.05, 0) is 13.8 Å². The van der Waals surface area contributed by atoms with Gasteiger partial charge in [0.1, 0.15) is 0 Å². The van der Waals surface area contributed by atoms with E-state index < -0.39 is 0 Å². The average Bonchev–Trinajstić information content (AvgIpc) is 2.55. The van der Waals surface area contributed by atoms with Gasteiger partial charge >= 0.3 is 11.9 Å².